The van der Waals surface area contributed by atoms with Crippen LogP contribution in [0.15, 0.2) is 35.3 Å². The van der Waals surface area contributed by atoms with Crippen molar-refractivity contribution >= 4 is 35.6 Å². The summed E-state index contributed by atoms with van der Waals surface area (Å²) in [6.45, 7) is 4.44. The van der Waals surface area contributed by atoms with E-state index in [9.17, 15) is 0 Å². The summed E-state index contributed by atoms with van der Waals surface area (Å²) >= 11 is 0. The topological polar surface area (TPSA) is 82.6 Å². The summed E-state index contributed by atoms with van der Waals surface area (Å²) in [5.74, 6) is 4.06. The molecule has 8 nitrogen and oxygen atoms in total. The van der Waals surface area contributed by atoms with Crippen LogP contribution in [0, 0.1) is 0 Å². The number of aliphatic imine (C=N–C) groups is 1. The van der Waals surface area contributed by atoms with Crippen molar-refractivity contribution in [2.75, 3.05) is 46.4 Å². The molecule has 0 saturated carbocycles. The van der Waals surface area contributed by atoms with Crippen molar-refractivity contribution in [2.45, 2.75) is 19.9 Å². The van der Waals surface area contributed by atoms with E-state index in [-0.39, 0.29) is 24.0 Å². The van der Waals surface area contributed by atoms with E-state index in [0.29, 0.717) is 43.0 Å². The lowest BCUT2D eigenvalue weighted by Crippen LogP contribution is -2.30. The maximum Gasteiger partial charge on any atom is 0.196 e. The third kappa shape index (κ3) is 6.46. The molecule has 1 aliphatic rings. The Morgan fingerprint density at radius 3 is 2.29 bits per heavy atom. The number of hydrogen-bond donors (Lipinski definition) is 2. The second kappa shape index (κ2) is 12.3. The predicted octanol–water partition coefficient (Wildman–Crippen LogP) is 4.07. The van der Waals surface area contributed by atoms with Gasteiger partial charge >= 0.3 is 0 Å². The van der Waals surface area contributed by atoms with Crippen LogP contribution in [-0.4, -0.2) is 47.0 Å². The molecule has 0 saturated heterocycles. The molecular weight excluding hydrogens is 513 g/mol. The van der Waals surface area contributed by atoms with Crippen LogP contribution in [-0.2, 0) is 6.54 Å². The van der Waals surface area contributed by atoms with Crippen molar-refractivity contribution in [2.24, 2.45) is 4.99 Å². The van der Waals surface area contributed by atoms with Gasteiger partial charge in [0.15, 0.2) is 29.0 Å². The SMILES string of the molecule is CCNC(=NCc1cc(OC)c(OC)cc1OC)Nc1ccc2c(c1)OCCCO2.I. The number of benzene rings is 2. The first kappa shape index (κ1) is 24.7. The third-order valence-corrected chi connectivity index (χ3v) is 4.55. The Morgan fingerprint density at radius 1 is 0.935 bits per heavy atom. The minimum Gasteiger partial charge on any atom is -0.496 e. The number of nitrogens with one attached hydrogen (secondary N) is 2. The van der Waals surface area contributed by atoms with Crippen LogP contribution in [0.2, 0.25) is 0 Å². The second-order valence-electron chi connectivity index (χ2n) is 6.55. The zero-order valence-corrected chi connectivity index (χ0v) is 20.6. The summed E-state index contributed by atoms with van der Waals surface area (Å²) < 4.78 is 27.7. The number of halogens is 1. The van der Waals surface area contributed by atoms with Crippen LogP contribution < -0.4 is 34.3 Å². The maximum atomic E-state index is 5.77. The Hall–Kier alpha value is -2.56. The molecular formula is C22H30IN3O5. The Kier molecular flexibility index (Phi) is 9.83. The van der Waals surface area contributed by atoms with Crippen molar-refractivity contribution in [3.8, 4) is 28.7 Å². The number of anilines is 1. The fourth-order valence-electron chi connectivity index (χ4n) is 3.07. The van der Waals surface area contributed by atoms with Gasteiger partial charge in [-0.1, -0.05) is 0 Å². The van der Waals surface area contributed by atoms with Crippen LogP contribution in [0.3, 0.4) is 0 Å². The quantitative estimate of drug-likeness (QED) is 0.310. The van der Waals surface area contributed by atoms with Crippen molar-refractivity contribution in [1.29, 1.82) is 0 Å². The van der Waals surface area contributed by atoms with Crippen LogP contribution in [0.25, 0.3) is 0 Å². The molecule has 0 bridgehead atoms. The number of hydrogen-bond acceptors (Lipinski definition) is 6. The van der Waals surface area contributed by atoms with Gasteiger partial charge in [-0.15, -0.1) is 24.0 Å². The summed E-state index contributed by atoms with van der Waals surface area (Å²) in [5, 5.41) is 6.57. The minimum absolute atomic E-state index is 0. The number of fused-ring (bicyclic) bond motifs is 1. The summed E-state index contributed by atoms with van der Waals surface area (Å²) in [6.07, 6.45) is 0.870. The number of ether oxygens (including phenoxy) is 5. The zero-order valence-electron chi connectivity index (χ0n) is 18.3. The molecule has 0 radical (unpaired) electrons. The highest BCUT2D eigenvalue weighted by molar-refractivity contribution is 14.0. The minimum atomic E-state index is 0. The van der Waals surface area contributed by atoms with Crippen LogP contribution in [0.4, 0.5) is 5.69 Å². The molecule has 0 atom stereocenters. The monoisotopic (exact) mass is 543 g/mol. The van der Waals surface area contributed by atoms with Crippen molar-refractivity contribution < 1.29 is 23.7 Å². The van der Waals surface area contributed by atoms with Gasteiger partial charge in [-0.2, -0.15) is 0 Å². The lowest BCUT2D eigenvalue weighted by Gasteiger charge is -2.15. The highest BCUT2D eigenvalue weighted by atomic mass is 127. The van der Waals surface area contributed by atoms with E-state index < -0.39 is 0 Å². The average molecular weight is 543 g/mol. The van der Waals surface area contributed by atoms with Gasteiger partial charge in [0.25, 0.3) is 0 Å². The molecule has 0 amide bonds. The highest BCUT2D eigenvalue weighted by Crippen LogP contribution is 2.35. The van der Waals surface area contributed by atoms with Crippen LogP contribution in [0.5, 0.6) is 28.7 Å². The molecule has 2 N–H and O–H groups in total. The maximum absolute atomic E-state index is 5.77. The van der Waals surface area contributed by atoms with Crippen LogP contribution >= 0.6 is 24.0 Å². The van der Waals surface area contributed by atoms with E-state index in [0.717, 1.165) is 35.7 Å². The first-order chi connectivity index (χ1) is 14.7. The molecule has 1 aliphatic heterocycles. The molecule has 170 valence electrons. The first-order valence-electron chi connectivity index (χ1n) is 9.92. The number of nitrogens with zero attached hydrogens (tertiary/aromatic N) is 1. The molecule has 2 aromatic carbocycles. The van der Waals surface area contributed by atoms with Gasteiger partial charge in [0.05, 0.1) is 41.1 Å². The summed E-state index contributed by atoms with van der Waals surface area (Å²) in [5.41, 5.74) is 1.74. The van der Waals surface area contributed by atoms with Gasteiger partial charge in [0, 0.05) is 36.3 Å². The number of methoxy groups -OCH3 is 3. The van der Waals surface area contributed by atoms with Crippen molar-refractivity contribution in [1.82, 2.24) is 5.32 Å². The molecule has 31 heavy (non-hydrogen) atoms. The van der Waals surface area contributed by atoms with E-state index in [4.69, 9.17) is 28.7 Å². The fourth-order valence-corrected chi connectivity index (χ4v) is 3.07. The molecule has 0 unspecified atom stereocenters. The van der Waals surface area contributed by atoms with Gasteiger partial charge < -0.3 is 34.3 Å². The summed E-state index contributed by atoms with van der Waals surface area (Å²) in [6, 6.07) is 9.44. The van der Waals surface area contributed by atoms with Gasteiger partial charge in [-0.05, 0) is 25.1 Å². The van der Waals surface area contributed by atoms with E-state index in [2.05, 4.69) is 10.6 Å². The standard InChI is InChI=1S/C22H29N3O5.HI/c1-5-23-22(25-16-7-8-17-21(12-16)30-10-6-9-29-17)24-14-15-11-19(27-3)20(28-4)13-18(15)26-2;/h7-8,11-13H,5-6,9-10,14H2,1-4H3,(H2,23,24,25);1H. The number of guanidine groups is 1. The number of rotatable bonds is 7. The van der Waals surface area contributed by atoms with E-state index in [1.165, 1.54) is 0 Å². The molecule has 0 aliphatic carbocycles. The lowest BCUT2D eigenvalue weighted by atomic mass is 10.1. The normalized spacial score (nSPS) is 12.8. The van der Waals surface area contributed by atoms with Gasteiger partial charge in [0.2, 0.25) is 0 Å². The largest absolute Gasteiger partial charge is 0.496 e. The van der Waals surface area contributed by atoms with E-state index in [1.54, 1.807) is 27.4 Å². The van der Waals surface area contributed by atoms with Crippen molar-refractivity contribution in [3.05, 3.63) is 35.9 Å². The molecule has 2 aromatic rings. The Balaban J connectivity index is 0.00000341. The molecule has 1 heterocycles. The van der Waals surface area contributed by atoms with E-state index in [1.807, 2.05) is 31.2 Å². The van der Waals surface area contributed by atoms with Gasteiger partial charge in [-0.25, -0.2) is 4.99 Å². The first-order valence-corrected chi connectivity index (χ1v) is 9.92. The lowest BCUT2D eigenvalue weighted by molar-refractivity contribution is 0.297. The molecule has 0 fully saturated rings. The highest BCUT2D eigenvalue weighted by Gasteiger charge is 2.13. The Bertz CT molecular complexity index is 892. The zero-order chi connectivity index (χ0) is 21.3. The molecule has 0 spiro atoms. The second-order valence-corrected chi connectivity index (χ2v) is 6.55. The predicted molar refractivity (Wildman–Crippen MR) is 132 cm³/mol. The molecule has 0 aromatic heterocycles. The summed E-state index contributed by atoms with van der Waals surface area (Å²) in [4.78, 5) is 4.70. The smallest absolute Gasteiger partial charge is 0.196 e. The van der Waals surface area contributed by atoms with E-state index >= 15 is 0 Å². The Morgan fingerprint density at radius 2 is 1.61 bits per heavy atom. The fraction of sp³-hybridized carbons (Fsp3) is 0.409. The van der Waals surface area contributed by atoms with Crippen LogP contribution in [0.1, 0.15) is 18.9 Å². The molecule has 9 heteroatoms. The van der Waals surface area contributed by atoms with Crippen molar-refractivity contribution in [3.63, 3.8) is 0 Å². The molecule has 3 rings (SSSR count). The third-order valence-electron chi connectivity index (χ3n) is 4.55. The van der Waals surface area contributed by atoms with Gasteiger partial charge in [0.1, 0.15) is 5.75 Å². The summed E-state index contributed by atoms with van der Waals surface area (Å²) in [7, 11) is 4.82. The Labute approximate surface area is 200 Å². The van der Waals surface area contributed by atoms with Gasteiger partial charge in [-0.3, -0.25) is 0 Å². The average Bonchev–Trinajstić information content (AvgIpc) is 3.02.